The van der Waals surface area contributed by atoms with Gasteiger partial charge in [-0.15, -0.1) is 0 Å². The van der Waals surface area contributed by atoms with Crippen LogP contribution in [0.2, 0.25) is 0 Å². The van der Waals surface area contributed by atoms with Crippen LogP contribution in [-0.2, 0) is 16.0 Å². The number of fused-ring (bicyclic) bond motifs is 1. The quantitative estimate of drug-likeness (QED) is 0.644. The van der Waals surface area contributed by atoms with E-state index in [0.717, 1.165) is 35.5 Å². The number of morpholine rings is 1. The molecule has 1 amide bonds. The molecule has 0 saturated carbocycles. The van der Waals surface area contributed by atoms with Gasteiger partial charge in [-0.2, -0.15) is 0 Å². The Hall–Kier alpha value is -2.77. The molecule has 29 heavy (non-hydrogen) atoms. The highest BCUT2D eigenvalue weighted by Crippen LogP contribution is 2.22. The Morgan fingerprint density at radius 2 is 1.93 bits per heavy atom. The van der Waals surface area contributed by atoms with Crippen LogP contribution in [0.3, 0.4) is 0 Å². The molecule has 0 aliphatic carbocycles. The molecule has 0 radical (unpaired) electrons. The van der Waals surface area contributed by atoms with Gasteiger partial charge in [-0.25, -0.2) is 9.37 Å². The maximum atomic E-state index is 13.3. The van der Waals surface area contributed by atoms with Crippen molar-refractivity contribution in [2.45, 2.75) is 18.9 Å². The molecule has 1 atom stereocenters. The minimum atomic E-state index is -0.260. The molecule has 0 unspecified atom stereocenters. The highest BCUT2D eigenvalue weighted by atomic mass is 19.1. The number of para-hydroxylation sites is 2. The number of hydrogen-bond acceptors (Lipinski definition) is 4. The SMILES string of the molecule is O=C(CCc1nc2ccccc2[nH]1)NC[C@@H](c1ccc(F)cc1)N1CCOCC1. The second-order valence-electron chi connectivity index (χ2n) is 7.22. The summed E-state index contributed by atoms with van der Waals surface area (Å²) in [6, 6.07) is 14.3. The van der Waals surface area contributed by atoms with E-state index in [4.69, 9.17) is 4.74 Å². The number of H-pyrrole nitrogens is 1. The van der Waals surface area contributed by atoms with Crippen LogP contribution in [0.5, 0.6) is 0 Å². The summed E-state index contributed by atoms with van der Waals surface area (Å²) >= 11 is 0. The van der Waals surface area contributed by atoms with Crippen LogP contribution in [0.15, 0.2) is 48.5 Å². The number of rotatable bonds is 7. The fourth-order valence-electron chi connectivity index (χ4n) is 3.69. The van der Waals surface area contributed by atoms with Crippen molar-refractivity contribution in [3.63, 3.8) is 0 Å². The molecule has 2 N–H and O–H groups in total. The summed E-state index contributed by atoms with van der Waals surface area (Å²) in [4.78, 5) is 22.5. The zero-order valence-electron chi connectivity index (χ0n) is 16.2. The Morgan fingerprint density at radius 1 is 1.17 bits per heavy atom. The predicted octanol–water partition coefficient (Wildman–Crippen LogP) is 2.82. The summed E-state index contributed by atoms with van der Waals surface area (Å²) in [5.74, 6) is 0.528. The molecule has 2 aromatic carbocycles. The van der Waals surface area contributed by atoms with Crippen molar-refractivity contribution in [1.29, 1.82) is 0 Å². The lowest BCUT2D eigenvalue weighted by atomic mass is 10.0. The first-order chi connectivity index (χ1) is 14.2. The molecule has 2 heterocycles. The largest absolute Gasteiger partial charge is 0.379 e. The lowest BCUT2D eigenvalue weighted by Gasteiger charge is -2.35. The van der Waals surface area contributed by atoms with E-state index in [1.165, 1.54) is 12.1 Å². The van der Waals surface area contributed by atoms with Gasteiger partial charge in [-0.05, 0) is 29.8 Å². The monoisotopic (exact) mass is 396 g/mol. The van der Waals surface area contributed by atoms with Crippen LogP contribution in [0.1, 0.15) is 23.9 Å². The number of aromatic amines is 1. The van der Waals surface area contributed by atoms with Gasteiger partial charge in [-0.1, -0.05) is 24.3 Å². The van der Waals surface area contributed by atoms with Crippen molar-refractivity contribution in [3.8, 4) is 0 Å². The second-order valence-corrected chi connectivity index (χ2v) is 7.22. The van der Waals surface area contributed by atoms with E-state index < -0.39 is 0 Å². The van der Waals surface area contributed by atoms with Crippen LogP contribution >= 0.6 is 0 Å². The number of aryl methyl sites for hydroxylation is 1. The van der Waals surface area contributed by atoms with E-state index in [2.05, 4.69) is 20.2 Å². The first kappa shape index (κ1) is 19.5. The number of nitrogens with one attached hydrogen (secondary N) is 2. The summed E-state index contributed by atoms with van der Waals surface area (Å²) in [5.41, 5.74) is 2.88. The number of amides is 1. The van der Waals surface area contributed by atoms with Crippen LogP contribution in [-0.4, -0.2) is 53.6 Å². The van der Waals surface area contributed by atoms with Crippen LogP contribution < -0.4 is 5.32 Å². The Kier molecular flexibility index (Phi) is 6.17. The van der Waals surface area contributed by atoms with E-state index in [0.29, 0.717) is 32.6 Å². The fraction of sp³-hybridized carbons (Fsp3) is 0.364. The van der Waals surface area contributed by atoms with Gasteiger partial charge in [0.2, 0.25) is 5.91 Å². The number of aromatic nitrogens is 2. The minimum absolute atomic E-state index is 0.00495. The second kappa shape index (κ2) is 9.15. The van der Waals surface area contributed by atoms with Crippen molar-refractivity contribution in [1.82, 2.24) is 20.2 Å². The fourth-order valence-corrected chi connectivity index (χ4v) is 3.69. The summed E-state index contributed by atoms with van der Waals surface area (Å²) in [6.45, 7) is 3.38. The first-order valence-corrected chi connectivity index (χ1v) is 9.96. The van der Waals surface area contributed by atoms with Crippen LogP contribution in [0, 0.1) is 5.82 Å². The van der Waals surface area contributed by atoms with E-state index in [1.807, 2.05) is 24.3 Å². The van der Waals surface area contributed by atoms with E-state index >= 15 is 0 Å². The van der Waals surface area contributed by atoms with Gasteiger partial charge >= 0.3 is 0 Å². The van der Waals surface area contributed by atoms with Gasteiger partial charge in [0.15, 0.2) is 0 Å². The molecule has 0 spiro atoms. The Balaban J connectivity index is 1.35. The normalized spacial score (nSPS) is 16.0. The van der Waals surface area contributed by atoms with E-state index in [9.17, 15) is 9.18 Å². The van der Waals surface area contributed by atoms with Gasteiger partial charge in [0.1, 0.15) is 11.6 Å². The third-order valence-electron chi connectivity index (χ3n) is 5.26. The lowest BCUT2D eigenvalue weighted by Crippen LogP contribution is -2.43. The van der Waals surface area contributed by atoms with E-state index in [1.54, 1.807) is 12.1 Å². The third-order valence-corrected chi connectivity index (χ3v) is 5.26. The Labute approximate surface area is 169 Å². The summed E-state index contributed by atoms with van der Waals surface area (Å²) in [7, 11) is 0. The van der Waals surface area contributed by atoms with Crippen molar-refractivity contribution in [2.75, 3.05) is 32.8 Å². The number of hydrogen-bond donors (Lipinski definition) is 2. The van der Waals surface area contributed by atoms with Crippen LogP contribution in [0.25, 0.3) is 11.0 Å². The number of benzene rings is 2. The predicted molar refractivity (Wildman–Crippen MR) is 109 cm³/mol. The maximum absolute atomic E-state index is 13.3. The van der Waals surface area contributed by atoms with Gasteiger partial charge in [0.05, 0.1) is 30.3 Å². The molecular weight excluding hydrogens is 371 g/mol. The van der Waals surface area contributed by atoms with Gasteiger partial charge in [0.25, 0.3) is 0 Å². The third kappa shape index (κ3) is 4.99. The molecule has 1 aliphatic heterocycles. The summed E-state index contributed by atoms with van der Waals surface area (Å²) in [6.07, 6.45) is 0.915. The molecule has 0 bridgehead atoms. The van der Waals surface area contributed by atoms with Crippen molar-refractivity contribution < 1.29 is 13.9 Å². The molecule has 1 aromatic heterocycles. The molecule has 1 saturated heterocycles. The van der Waals surface area contributed by atoms with Crippen LogP contribution in [0.4, 0.5) is 4.39 Å². The molecule has 1 aliphatic rings. The Morgan fingerprint density at radius 3 is 2.69 bits per heavy atom. The molecule has 3 aromatic rings. The van der Waals surface area contributed by atoms with Gasteiger partial charge in [-0.3, -0.25) is 9.69 Å². The number of carbonyl (C=O) groups excluding carboxylic acids is 1. The molecule has 1 fully saturated rings. The zero-order valence-corrected chi connectivity index (χ0v) is 16.2. The molecule has 152 valence electrons. The van der Waals surface area contributed by atoms with Crippen molar-refractivity contribution >= 4 is 16.9 Å². The standard InChI is InChI=1S/C22H25FN4O2/c23-17-7-5-16(6-8-17)20(27-11-13-29-14-12-27)15-24-22(28)10-9-21-25-18-3-1-2-4-19(18)26-21/h1-8,20H,9-15H2,(H,24,28)(H,25,26)/t20-/m0/s1. The maximum Gasteiger partial charge on any atom is 0.220 e. The van der Waals surface area contributed by atoms with Crippen molar-refractivity contribution in [3.05, 3.63) is 65.7 Å². The number of carbonyl (C=O) groups is 1. The van der Waals surface area contributed by atoms with Gasteiger partial charge < -0.3 is 15.0 Å². The molecule has 4 rings (SSSR count). The number of halogens is 1. The number of imidazole rings is 1. The smallest absolute Gasteiger partial charge is 0.220 e. The van der Waals surface area contributed by atoms with E-state index in [-0.39, 0.29) is 17.8 Å². The highest BCUT2D eigenvalue weighted by molar-refractivity contribution is 5.77. The average Bonchev–Trinajstić information content (AvgIpc) is 3.17. The summed E-state index contributed by atoms with van der Waals surface area (Å²) in [5, 5.41) is 3.04. The topological polar surface area (TPSA) is 70.2 Å². The highest BCUT2D eigenvalue weighted by Gasteiger charge is 2.23. The average molecular weight is 396 g/mol. The molecule has 7 heteroatoms. The number of nitrogens with zero attached hydrogens (tertiary/aromatic N) is 2. The first-order valence-electron chi connectivity index (χ1n) is 9.96. The minimum Gasteiger partial charge on any atom is -0.379 e. The lowest BCUT2D eigenvalue weighted by molar-refractivity contribution is -0.121. The number of ether oxygens (including phenoxy) is 1. The molecular formula is C22H25FN4O2. The Bertz CT molecular complexity index is 918. The summed E-state index contributed by atoms with van der Waals surface area (Å²) < 4.78 is 18.8. The van der Waals surface area contributed by atoms with Gasteiger partial charge in [0, 0.05) is 32.5 Å². The molecule has 6 nitrogen and oxygen atoms in total. The van der Waals surface area contributed by atoms with Crippen molar-refractivity contribution in [2.24, 2.45) is 0 Å². The zero-order chi connectivity index (χ0) is 20.1.